The third-order valence-corrected chi connectivity index (χ3v) is 4.56. The second-order valence-corrected chi connectivity index (χ2v) is 6.58. The van der Waals surface area contributed by atoms with Crippen LogP contribution in [0.4, 0.5) is 10.1 Å². The van der Waals surface area contributed by atoms with Gasteiger partial charge in [-0.25, -0.2) is 9.37 Å². The average Bonchev–Trinajstić information content (AvgIpc) is 2.71. The van der Waals surface area contributed by atoms with Crippen LogP contribution in [0.3, 0.4) is 0 Å². The lowest BCUT2D eigenvalue weighted by Crippen LogP contribution is -2.49. The van der Waals surface area contributed by atoms with Crippen molar-refractivity contribution in [3.8, 4) is 0 Å². The molecule has 0 aliphatic carbocycles. The molecule has 1 aromatic carbocycles. The molecule has 1 aliphatic heterocycles. The molecule has 0 radical (unpaired) electrons. The number of hydrogen-bond donors (Lipinski definition) is 2. The molecule has 3 nitrogen and oxygen atoms in total. The molecule has 1 aliphatic rings. The monoisotopic (exact) mass is 280 g/mol. The summed E-state index contributed by atoms with van der Waals surface area (Å²) in [5.41, 5.74) is 1.47. The summed E-state index contributed by atoms with van der Waals surface area (Å²) in [6, 6.07) is 3.42. The van der Waals surface area contributed by atoms with Crippen molar-refractivity contribution in [3.63, 3.8) is 0 Å². The van der Waals surface area contributed by atoms with Gasteiger partial charge < -0.3 is 10.6 Å². The molecule has 0 bridgehead atoms. The fraction of sp³-hybridized carbons (Fsp3) is 0.500. The van der Waals surface area contributed by atoms with Crippen LogP contribution in [-0.2, 0) is 0 Å². The van der Waals surface area contributed by atoms with Crippen molar-refractivity contribution in [2.75, 3.05) is 18.4 Å². The lowest BCUT2D eigenvalue weighted by Gasteiger charge is -2.40. The summed E-state index contributed by atoms with van der Waals surface area (Å²) in [6.45, 7) is 6.22. The minimum atomic E-state index is -0.268. The number of piperidine rings is 1. The van der Waals surface area contributed by atoms with E-state index in [0.29, 0.717) is 11.2 Å². The maximum atomic E-state index is 14.2. The van der Waals surface area contributed by atoms with Gasteiger partial charge in [0.05, 0.1) is 22.8 Å². The van der Waals surface area contributed by atoms with E-state index < -0.39 is 0 Å². The quantitative estimate of drug-likeness (QED) is 0.887. The molecule has 1 aromatic heterocycles. The summed E-state index contributed by atoms with van der Waals surface area (Å²) in [4.78, 5) is 4.11. The molecule has 19 heavy (non-hydrogen) atoms. The SMILES string of the molecule is [2H]c1nc2cc(NC3CCNCC3(C)C)c(F)cc2s1. The number of benzene rings is 1. The third kappa shape index (κ3) is 2.44. The molecular weight excluding hydrogens is 261 g/mol. The minimum absolute atomic E-state index is 0.0717. The van der Waals surface area contributed by atoms with Gasteiger partial charge >= 0.3 is 0 Å². The summed E-state index contributed by atoms with van der Waals surface area (Å²) in [7, 11) is 0. The molecule has 0 spiro atoms. The fourth-order valence-electron chi connectivity index (χ4n) is 2.57. The zero-order valence-electron chi connectivity index (χ0n) is 12.1. The maximum absolute atomic E-state index is 14.2. The highest BCUT2D eigenvalue weighted by Crippen LogP contribution is 2.31. The Labute approximate surface area is 117 Å². The number of nitrogens with one attached hydrogen (secondary N) is 2. The highest BCUT2D eigenvalue weighted by Gasteiger charge is 2.32. The van der Waals surface area contributed by atoms with Gasteiger partial charge in [-0.3, -0.25) is 0 Å². The summed E-state index contributed by atoms with van der Waals surface area (Å²) < 4.78 is 22.4. The summed E-state index contributed by atoms with van der Waals surface area (Å²) >= 11 is 1.20. The zero-order chi connectivity index (χ0) is 14.3. The van der Waals surface area contributed by atoms with E-state index in [2.05, 4.69) is 29.5 Å². The van der Waals surface area contributed by atoms with E-state index >= 15 is 0 Å². The minimum Gasteiger partial charge on any atom is -0.379 e. The fourth-order valence-corrected chi connectivity index (χ4v) is 3.18. The van der Waals surface area contributed by atoms with E-state index in [0.717, 1.165) is 24.2 Å². The molecule has 2 N–H and O–H groups in total. The first-order chi connectivity index (χ1) is 9.45. The number of rotatable bonds is 2. The highest BCUT2D eigenvalue weighted by atomic mass is 32.1. The molecular formula is C14H18FN3S. The Hall–Kier alpha value is -1.20. The van der Waals surface area contributed by atoms with Crippen molar-refractivity contribution in [1.82, 2.24) is 10.3 Å². The number of halogens is 1. The van der Waals surface area contributed by atoms with E-state index in [1.165, 1.54) is 17.4 Å². The van der Waals surface area contributed by atoms with Gasteiger partial charge in [-0.2, -0.15) is 0 Å². The van der Waals surface area contributed by atoms with Crippen LogP contribution in [0, 0.1) is 11.2 Å². The molecule has 2 heterocycles. The largest absolute Gasteiger partial charge is 0.379 e. The standard InChI is InChI=1S/C14H18FN3S/c1-14(2)7-16-4-3-13(14)18-10-6-11-12(5-9(10)15)19-8-17-11/h5-6,8,13,16,18H,3-4,7H2,1-2H3/i8D. The number of hydrogen-bond acceptors (Lipinski definition) is 4. The smallest absolute Gasteiger partial charge is 0.147 e. The van der Waals surface area contributed by atoms with Crippen molar-refractivity contribution in [2.24, 2.45) is 5.41 Å². The second kappa shape index (κ2) is 4.72. The molecule has 1 fully saturated rings. The molecule has 2 aromatic rings. The zero-order valence-corrected chi connectivity index (χ0v) is 11.9. The van der Waals surface area contributed by atoms with E-state index in [4.69, 9.17) is 1.37 Å². The Morgan fingerprint density at radius 1 is 1.58 bits per heavy atom. The van der Waals surface area contributed by atoms with E-state index in [1.54, 1.807) is 6.07 Å². The predicted molar refractivity (Wildman–Crippen MR) is 78.3 cm³/mol. The van der Waals surface area contributed by atoms with Crippen LogP contribution in [0.15, 0.2) is 17.6 Å². The van der Waals surface area contributed by atoms with Crippen LogP contribution in [0.2, 0.25) is 0 Å². The van der Waals surface area contributed by atoms with Crippen LogP contribution in [0.5, 0.6) is 0 Å². The highest BCUT2D eigenvalue weighted by molar-refractivity contribution is 7.16. The molecule has 1 saturated heterocycles. The van der Waals surface area contributed by atoms with E-state index in [-0.39, 0.29) is 22.8 Å². The van der Waals surface area contributed by atoms with Gasteiger partial charge in [0.15, 0.2) is 0 Å². The van der Waals surface area contributed by atoms with Gasteiger partial charge in [-0.1, -0.05) is 13.8 Å². The Bertz CT molecular complexity index is 641. The molecule has 102 valence electrons. The number of thiazole rings is 1. The van der Waals surface area contributed by atoms with Crippen molar-refractivity contribution < 1.29 is 5.76 Å². The summed E-state index contributed by atoms with van der Waals surface area (Å²) in [5.74, 6) is -0.268. The van der Waals surface area contributed by atoms with Crippen LogP contribution < -0.4 is 10.6 Å². The van der Waals surface area contributed by atoms with Crippen LogP contribution >= 0.6 is 11.3 Å². The Kier molecular flexibility index (Phi) is 2.89. The molecule has 5 heteroatoms. The first-order valence-electron chi connectivity index (χ1n) is 7.00. The first-order valence-corrected chi connectivity index (χ1v) is 7.31. The number of nitrogens with zero attached hydrogens (tertiary/aromatic N) is 1. The van der Waals surface area contributed by atoms with Gasteiger partial charge in [0.2, 0.25) is 0 Å². The summed E-state index contributed by atoms with van der Waals surface area (Å²) in [6.07, 6.45) is 0.964. The molecule has 1 unspecified atom stereocenters. The number of fused-ring (bicyclic) bond motifs is 1. The molecule has 0 saturated carbocycles. The van der Waals surface area contributed by atoms with Crippen LogP contribution in [0.25, 0.3) is 10.2 Å². The maximum Gasteiger partial charge on any atom is 0.147 e. The van der Waals surface area contributed by atoms with Crippen molar-refractivity contribution in [3.05, 3.63) is 23.4 Å². The van der Waals surface area contributed by atoms with Crippen molar-refractivity contribution >= 4 is 27.2 Å². The van der Waals surface area contributed by atoms with Crippen LogP contribution in [-0.4, -0.2) is 24.1 Å². The summed E-state index contributed by atoms with van der Waals surface area (Å²) in [5, 5.41) is 6.70. The van der Waals surface area contributed by atoms with Crippen molar-refractivity contribution in [2.45, 2.75) is 26.3 Å². The van der Waals surface area contributed by atoms with Gasteiger partial charge in [-0.05, 0) is 30.5 Å². The average molecular weight is 280 g/mol. The van der Waals surface area contributed by atoms with Crippen LogP contribution in [0.1, 0.15) is 21.6 Å². The van der Waals surface area contributed by atoms with Gasteiger partial charge in [0.1, 0.15) is 5.82 Å². The normalized spacial score (nSPS) is 23.3. The lowest BCUT2D eigenvalue weighted by molar-refractivity contribution is 0.236. The first kappa shape index (κ1) is 11.6. The number of aromatic nitrogens is 1. The van der Waals surface area contributed by atoms with Gasteiger partial charge in [-0.15, -0.1) is 11.3 Å². The lowest BCUT2D eigenvalue weighted by atomic mass is 9.80. The van der Waals surface area contributed by atoms with Gasteiger partial charge in [0.25, 0.3) is 0 Å². The van der Waals surface area contributed by atoms with Gasteiger partial charge in [0, 0.05) is 12.6 Å². The molecule has 3 rings (SSSR count). The van der Waals surface area contributed by atoms with E-state index in [1.807, 2.05) is 0 Å². The Morgan fingerprint density at radius 2 is 2.42 bits per heavy atom. The predicted octanol–water partition coefficient (Wildman–Crippen LogP) is 3.24. The molecule has 1 atom stereocenters. The third-order valence-electron chi connectivity index (χ3n) is 3.83. The van der Waals surface area contributed by atoms with Crippen molar-refractivity contribution in [1.29, 1.82) is 0 Å². The Balaban J connectivity index is 1.91. The number of anilines is 1. The Morgan fingerprint density at radius 3 is 3.21 bits per heavy atom. The molecule has 0 amide bonds. The van der Waals surface area contributed by atoms with E-state index in [9.17, 15) is 4.39 Å². The second-order valence-electron chi connectivity index (χ2n) is 5.76. The topological polar surface area (TPSA) is 37.0 Å².